The van der Waals surface area contributed by atoms with Gasteiger partial charge in [0.2, 0.25) is 0 Å². The molecule has 0 amide bonds. The number of esters is 1. The number of nitrogens with zero attached hydrogens (tertiary/aromatic N) is 2. The molecule has 8 heteroatoms. The van der Waals surface area contributed by atoms with Gasteiger partial charge >= 0.3 is 5.97 Å². The smallest absolute Gasteiger partial charge is 0.319 e. The zero-order valence-electron chi connectivity index (χ0n) is 11.4. The molecule has 2 aromatic rings. The predicted molar refractivity (Wildman–Crippen MR) is 72.4 cm³/mol. The van der Waals surface area contributed by atoms with E-state index >= 15 is 0 Å². The Hall–Kier alpha value is -2.09. The molecule has 1 unspecified atom stereocenters. The largest absolute Gasteiger partial charge is 0.484 e. The Bertz CT molecular complexity index is 602. The molecule has 0 fully saturated rings. The second-order valence-electron chi connectivity index (χ2n) is 3.99. The van der Waals surface area contributed by atoms with Crippen molar-refractivity contribution in [1.82, 2.24) is 10.2 Å². The van der Waals surface area contributed by atoms with Crippen molar-refractivity contribution < 1.29 is 23.1 Å². The van der Waals surface area contributed by atoms with Crippen LogP contribution in [0, 0.1) is 5.82 Å². The molecule has 6 nitrogen and oxygen atoms in total. The van der Waals surface area contributed by atoms with E-state index in [4.69, 9.17) is 9.15 Å². The minimum absolute atomic E-state index is 0.0613. The number of rotatable bonds is 6. The molecule has 1 heterocycles. The molecule has 1 aromatic heterocycles. The van der Waals surface area contributed by atoms with E-state index in [0.717, 1.165) is 11.8 Å². The third-order valence-corrected chi connectivity index (χ3v) is 3.35. The Morgan fingerprint density at radius 1 is 1.38 bits per heavy atom. The number of thioether (sulfide) groups is 1. The first-order valence-electron chi connectivity index (χ1n) is 6.03. The lowest BCUT2D eigenvalue weighted by Crippen LogP contribution is -2.14. The topological polar surface area (TPSA) is 74.5 Å². The maximum atomic E-state index is 12.7. The standard InChI is InChI=1S/C13H13FN2O4S/c1-8(12(17)18-2)21-13-16-15-11(20-13)7-19-10-5-3-9(14)4-6-10/h3-6,8H,7H2,1-2H3. The van der Waals surface area contributed by atoms with Crippen LogP contribution in [0.5, 0.6) is 5.75 Å². The lowest BCUT2D eigenvalue weighted by molar-refractivity contribution is -0.139. The van der Waals surface area contributed by atoms with E-state index in [2.05, 4.69) is 14.9 Å². The fourth-order valence-corrected chi connectivity index (χ4v) is 2.11. The summed E-state index contributed by atoms with van der Waals surface area (Å²) in [7, 11) is 1.31. The summed E-state index contributed by atoms with van der Waals surface area (Å²) < 4.78 is 28.0. The molecule has 0 saturated heterocycles. The van der Waals surface area contributed by atoms with Crippen molar-refractivity contribution >= 4 is 17.7 Å². The first-order valence-corrected chi connectivity index (χ1v) is 6.91. The first kappa shape index (κ1) is 15.3. The predicted octanol–water partition coefficient (Wildman–Crippen LogP) is 2.44. The normalized spacial score (nSPS) is 12.0. The van der Waals surface area contributed by atoms with Crippen LogP contribution in [0.1, 0.15) is 12.8 Å². The van der Waals surface area contributed by atoms with Crippen molar-refractivity contribution in [3.05, 3.63) is 36.0 Å². The summed E-state index contributed by atoms with van der Waals surface area (Å²) in [4.78, 5) is 11.3. The number of carbonyl (C=O) groups excluding carboxylic acids is 1. The summed E-state index contributed by atoms with van der Waals surface area (Å²) in [5.41, 5.74) is 0. The van der Waals surface area contributed by atoms with E-state index < -0.39 is 5.25 Å². The maximum Gasteiger partial charge on any atom is 0.319 e. The van der Waals surface area contributed by atoms with E-state index in [-0.39, 0.29) is 29.5 Å². The van der Waals surface area contributed by atoms with Crippen LogP contribution in [0.4, 0.5) is 4.39 Å². The number of hydrogen-bond acceptors (Lipinski definition) is 7. The molecule has 21 heavy (non-hydrogen) atoms. The Kier molecular flexibility index (Phi) is 5.15. The summed E-state index contributed by atoms with van der Waals surface area (Å²) in [6.45, 7) is 1.74. The van der Waals surface area contributed by atoms with Crippen LogP contribution >= 0.6 is 11.8 Å². The molecule has 0 aliphatic heterocycles. The Balaban J connectivity index is 1.88. The average Bonchev–Trinajstić information content (AvgIpc) is 2.93. The Labute approximate surface area is 124 Å². The highest BCUT2D eigenvalue weighted by Crippen LogP contribution is 2.23. The van der Waals surface area contributed by atoms with Gasteiger partial charge in [0.1, 0.15) is 16.8 Å². The Morgan fingerprint density at radius 2 is 2.10 bits per heavy atom. The fourth-order valence-electron chi connectivity index (χ4n) is 1.39. The van der Waals surface area contributed by atoms with Crippen LogP contribution in [-0.2, 0) is 16.1 Å². The highest BCUT2D eigenvalue weighted by molar-refractivity contribution is 8.00. The molecule has 2 rings (SSSR count). The lowest BCUT2D eigenvalue weighted by atomic mass is 10.3. The number of halogens is 1. The van der Waals surface area contributed by atoms with Crippen LogP contribution < -0.4 is 4.74 Å². The second-order valence-corrected chi connectivity index (χ2v) is 5.28. The third-order valence-electron chi connectivity index (χ3n) is 2.43. The summed E-state index contributed by atoms with van der Waals surface area (Å²) in [6.07, 6.45) is 0. The van der Waals surface area contributed by atoms with Gasteiger partial charge in [0, 0.05) is 0 Å². The lowest BCUT2D eigenvalue weighted by Gasteiger charge is -2.04. The van der Waals surface area contributed by atoms with Crippen LogP contribution in [0.3, 0.4) is 0 Å². The second kappa shape index (κ2) is 7.07. The molecule has 0 spiro atoms. The number of carbonyl (C=O) groups is 1. The number of ether oxygens (including phenoxy) is 2. The van der Waals surface area contributed by atoms with Crippen molar-refractivity contribution in [3.8, 4) is 5.75 Å². The van der Waals surface area contributed by atoms with Gasteiger partial charge < -0.3 is 13.9 Å². The molecular formula is C13H13FN2O4S. The fraction of sp³-hybridized carbons (Fsp3) is 0.308. The van der Waals surface area contributed by atoms with Crippen LogP contribution in [0.15, 0.2) is 33.9 Å². The van der Waals surface area contributed by atoms with Gasteiger partial charge in [-0.05, 0) is 31.2 Å². The molecule has 0 bridgehead atoms. The zero-order chi connectivity index (χ0) is 15.2. The van der Waals surface area contributed by atoms with E-state index in [1.165, 1.54) is 31.4 Å². The molecule has 1 aromatic carbocycles. The van der Waals surface area contributed by atoms with Crippen molar-refractivity contribution in [2.75, 3.05) is 7.11 Å². The summed E-state index contributed by atoms with van der Waals surface area (Å²) >= 11 is 1.10. The summed E-state index contributed by atoms with van der Waals surface area (Å²) in [5, 5.41) is 7.41. The van der Waals surface area contributed by atoms with E-state index in [0.29, 0.717) is 5.75 Å². The molecule has 1 atom stereocenters. The molecular weight excluding hydrogens is 299 g/mol. The molecule has 0 aliphatic rings. The van der Waals surface area contributed by atoms with E-state index in [1.807, 2.05) is 0 Å². The maximum absolute atomic E-state index is 12.7. The number of methoxy groups -OCH3 is 1. The van der Waals surface area contributed by atoms with Gasteiger partial charge in [0.25, 0.3) is 11.1 Å². The van der Waals surface area contributed by atoms with Gasteiger partial charge in [-0.3, -0.25) is 4.79 Å². The van der Waals surface area contributed by atoms with E-state index in [9.17, 15) is 9.18 Å². The van der Waals surface area contributed by atoms with Crippen LogP contribution in [0.25, 0.3) is 0 Å². The number of hydrogen-bond donors (Lipinski definition) is 0. The Morgan fingerprint density at radius 3 is 2.76 bits per heavy atom. The molecule has 0 N–H and O–H groups in total. The SMILES string of the molecule is COC(=O)C(C)Sc1nnc(COc2ccc(F)cc2)o1. The third kappa shape index (κ3) is 4.45. The molecule has 0 saturated carbocycles. The van der Waals surface area contributed by atoms with Crippen molar-refractivity contribution in [2.24, 2.45) is 0 Å². The summed E-state index contributed by atoms with van der Waals surface area (Å²) in [5.74, 6) is 0.0450. The van der Waals surface area contributed by atoms with Crippen molar-refractivity contribution in [1.29, 1.82) is 0 Å². The molecule has 0 radical (unpaired) electrons. The van der Waals surface area contributed by atoms with Gasteiger partial charge in [0.15, 0.2) is 6.61 Å². The van der Waals surface area contributed by atoms with Crippen molar-refractivity contribution in [3.63, 3.8) is 0 Å². The number of aromatic nitrogens is 2. The quantitative estimate of drug-likeness (QED) is 0.599. The van der Waals surface area contributed by atoms with Crippen LogP contribution in [-0.4, -0.2) is 28.5 Å². The number of benzene rings is 1. The van der Waals surface area contributed by atoms with E-state index in [1.54, 1.807) is 6.92 Å². The molecule has 0 aliphatic carbocycles. The minimum Gasteiger partial charge on any atom is -0.484 e. The average molecular weight is 312 g/mol. The highest BCUT2D eigenvalue weighted by Gasteiger charge is 2.18. The van der Waals surface area contributed by atoms with Gasteiger partial charge in [-0.15, -0.1) is 10.2 Å². The van der Waals surface area contributed by atoms with Crippen LogP contribution in [0.2, 0.25) is 0 Å². The van der Waals surface area contributed by atoms with Gasteiger partial charge in [-0.25, -0.2) is 4.39 Å². The summed E-state index contributed by atoms with van der Waals surface area (Å²) in [6, 6.07) is 5.59. The highest BCUT2D eigenvalue weighted by atomic mass is 32.2. The minimum atomic E-state index is -0.443. The van der Waals surface area contributed by atoms with Gasteiger partial charge in [0.05, 0.1) is 7.11 Å². The van der Waals surface area contributed by atoms with Gasteiger partial charge in [-0.1, -0.05) is 11.8 Å². The zero-order valence-corrected chi connectivity index (χ0v) is 12.2. The molecule has 112 valence electrons. The van der Waals surface area contributed by atoms with Crippen molar-refractivity contribution in [2.45, 2.75) is 24.0 Å². The monoisotopic (exact) mass is 312 g/mol. The van der Waals surface area contributed by atoms with Gasteiger partial charge in [-0.2, -0.15) is 0 Å². The first-order chi connectivity index (χ1) is 10.1.